The van der Waals surface area contributed by atoms with Crippen molar-refractivity contribution in [3.8, 4) is 5.69 Å². The standard InChI is InChI=1S/C18H26N6O/c1-3-22(2)11-16-7-8-23(12-16)18(25)20-10-15-5-4-6-17(9-15)24-14-19-13-21-24/h4-6,9,13-14,16H,3,7-8,10-12H2,1-2H3,(H,20,25). The van der Waals surface area contributed by atoms with Crippen LogP contribution in [0.15, 0.2) is 36.9 Å². The Morgan fingerprint density at radius 3 is 3.08 bits per heavy atom. The number of hydrogen-bond acceptors (Lipinski definition) is 4. The summed E-state index contributed by atoms with van der Waals surface area (Å²) in [5.41, 5.74) is 1.98. The molecule has 2 heterocycles. The second kappa shape index (κ2) is 8.11. The number of benzene rings is 1. The van der Waals surface area contributed by atoms with Crippen LogP contribution in [-0.4, -0.2) is 63.8 Å². The molecule has 7 heteroatoms. The molecule has 1 N–H and O–H groups in total. The number of urea groups is 1. The predicted molar refractivity (Wildman–Crippen MR) is 96.4 cm³/mol. The van der Waals surface area contributed by atoms with E-state index in [1.807, 2.05) is 29.2 Å². The van der Waals surface area contributed by atoms with E-state index in [-0.39, 0.29) is 6.03 Å². The highest BCUT2D eigenvalue weighted by atomic mass is 16.2. The van der Waals surface area contributed by atoms with Gasteiger partial charge in [-0.3, -0.25) is 0 Å². The first-order valence-corrected chi connectivity index (χ1v) is 8.81. The van der Waals surface area contributed by atoms with E-state index < -0.39 is 0 Å². The molecule has 1 saturated heterocycles. The minimum absolute atomic E-state index is 0.0211. The molecular weight excluding hydrogens is 316 g/mol. The lowest BCUT2D eigenvalue weighted by atomic mass is 10.1. The third kappa shape index (κ3) is 4.57. The van der Waals surface area contributed by atoms with E-state index in [1.165, 1.54) is 6.33 Å². The zero-order valence-corrected chi connectivity index (χ0v) is 14.9. The molecule has 0 spiro atoms. The van der Waals surface area contributed by atoms with Crippen LogP contribution in [0.2, 0.25) is 0 Å². The third-order valence-corrected chi connectivity index (χ3v) is 4.72. The SMILES string of the molecule is CCN(C)CC1CCN(C(=O)NCc2cccc(-n3cncn3)c2)C1. The van der Waals surface area contributed by atoms with Crippen LogP contribution in [0.1, 0.15) is 18.9 Å². The van der Waals surface area contributed by atoms with Crippen LogP contribution < -0.4 is 5.32 Å². The van der Waals surface area contributed by atoms with Crippen LogP contribution in [-0.2, 0) is 6.54 Å². The summed E-state index contributed by atoms with van der Waals surface area (Å²) in [4.78, 5) is 20.6. The van der Waals surface area contributed by atoms with Crippen molar-refractivity contribution in [2.75, 3.05) is 33.2 Å². The maximum absolute atomic E-state index is 12.4. The number of carbonyl (C=O) groups excluding carboxylic acids is 1. The van der Waals surface area contributed by atoms with Crippen molar-refractivity contribution in [2.45, 2.75) is 19.9 Å². The molecule has 134 valence electrons. The summed E-state index contributed by atoms with van der Waals surface area (Å²) in [6, 6.07) is 7.97. The lowest BCUT2D eigenvalue weighted by Crippen LogP contribution is -2.38. The van der Waals surface area contributed by atoms with Gasteiger partial charge < -0.3 is 15.1 Å². The second-order valence-electron chi connectivity index (χ2n) is 6.62. The van der Waals surface area contributed by atoms with Gasteiger partial charge in [0.15, 0.2) is 0 Å². The molecule has 0 radical (unpaired) electrons. The number of rotatable bonds is 6. The number of carbonyl (C=O) groups is 1. The van der Waals surface area contributed by atoms with Crippen LogP contribution >= 0.6 is 0 Å². The largest absolute Gasteiger partial charge is 0.334 e. The van der Waals surface area contributed by atoms with E-state index in [4.69, 9.17) is 0 Å². The van der Waals surface area contributed by atoms with E-state index in [9.17, 15) is 4.79 Å². The Kier molecular flexibility index (Phi) is 5.65. The van der Waals surface area contributed by atoms with Gasteiger partial charge in [0.1, 0.15) is 12.7 Å². The van der Waals surface area contributed by atoms with E-state index in [2.05, 4.69) is 34.3 Å². The molecular formula is C18H26N6O. The van der Waals surface area contributed by atoms with Gasteiger partial charge in [-0.2, -0.15) is 5.10 Å². The second-order valence-corrected chi connectivity index (χ2v) is 6.62. The average molecular weight is 342 g/mol. The van der Waals surface area contributed by atoms with Crippen molar-refractivity contribution >= 4 is 6.03 Å². The highest BCUT2D eigenvalue weighted by Crippen LogP contribution is 2.17. The maximum atomic E-state index is 12.4. The van der Waals surface area contributed by atoms with Gasteiger partial charge in [0.05, 0.1) is 5.69 Å². The van der Waals surface area contributed by atoms with Crippen LogP contribution in [0.3, 0.4) is 0 Å². The van der Waals surface area contributed by atoms with Crippen molar-refractivity contribution in [3.63, 3.8) is 0 Å². The summed E-state index contributed by atoms with van der Waals surface area (Å²) >= 11 is 0. The van der Waals surface area contributed by atoms with Gasteiger partial charge in [-0.05, 0) is 43.6 Å². The molecule has 1 atom stereocenters. The molecule has 1 aliphatic heterocycles. The summed E-state index contributed by atoms with van der Waals surface area (Å²) in [6.07, 6.45) is 4.25. The molecule has 1 aromatic carbocycles. The van der Waals surface area contributed by atoms with Gasteiger partial charge in [-0.15, -0.1) is 0 Å². The zero-order valence-electron chi connectivity index (χ0n) is 14.9. The zero-order chi connectivity index (χ0) is 17.6. The summed E-state index contributed by atoms with van der Waals surface area (Å²) < 4.78 is 1.71. The van der Waals surface area contributed by atoms with Crippen molar-refractivity contribution in [1.29, 1.82) is 0 Å². The van der Waals surface area contributed by atoms with E-state index in [0.717, 1.165) is 43.9 Å². The molecule has 1 aromatic heterocycles. The van der Waals surface area contributed by atoms with E-state index >= 15 is 0 Å². The van der Waals surface area contributed by atoms with Crippen molar-refractivity contribution in [2.24, 2.45) is 5.92 Å². The quantitative estimate of drug-likeness (QED) is 0.868. The Balaban J connectivity index is 1.50. The van der Waals surface area contributed by atoms with E-state index in [1.54, 1.807) is 11.0 Å². The molecule has 2 aromatic rings. The first-order valence-electron chi connectivity index (χ1n) is 8.81. The topological polar surface area (TPSA) is 66.3 Å². The Bertz CT molecular complexity index is 687. The highest BCUT2D eigenvalue weighted by molar-refractivity contribution is 5.74. The summed E-state index contributed by atoms with van der Waals surface area (Å²) in [5, 5.41) is 7.16. The summed E-state index contributed by atoms with van der Waals surface area (Å²) in [5.74, 6) is 0.575. The van der Waals surface area contributed by atoms with Crippen molar-refractivity contribution < 1.29 is 4.79 Å². The fourth-order valence-corrected chi connectivity index (χ4v) is 3.18. The van der Waals surface area contributed by atoms with Gasteiger partial charge in [0.2, 0.25) is 0 Å². The average Bonchev–Trinajstić information content (AvgIpc) is 3.32. The maximum Gasteiger partial charge on any atom is 0.317 e. The third-order valence-electron chi connectivity index (χ3n) is 4.72. The molecule has 1 unspecified atom stereocenters. The summed E-state index contributed by atoms with van der Waals surface area (Å²) in [7, 11) is 2.13. The van der Waals surface area contributed by atoms with Crippen LogP contribution in [0.25, 0.3) is 5.69 Å². The van der Waals surface area contributed by atoms with Gasteiger partial charge in [0.25, 0.3) is 0 Å². The Labute approximate surface area is 148 Å². The highest BCUT2D eigenvalue weighted by Gasteiger charge is 2.26. The Morgan fingerprint density at radius 2 is 2.32 bits per heavy atom. The smallest absolute Gasteiger partial charge is 0.317 e. The first kappa shape index (κ1) is 17.4. The lowest BCUT2D eigenvalue weighted by molar-refractivity contribution is 0.204. The molecule has 0 saturated carbocycles. The number of likely N-dealkylation sites (tertiary alicyclic amines) is 1. The minimum atomic E-state index is 0.0211. The predicted octanol–water partition coefficient (Wildman–Crippen LogP) is 1.75. The van der Waals surface area contributed by atoms with Gasteiger partial charge in [-0.1, -0.05) is 19.1 Å². The summed E-state index contributed by atoms with van der Waals surface area (Å²) in [6.45, 7) is 6.46. The fraction of sp³-hybridized carbons (Fsp3) is 0.500. The number of nitrogens with zero attached hydrogens (tertiary/aromatic N) is 5. The Hall–Kier alpha value is -2.41. The number of aromatic nitrogens is 3. The number of amides is 2. The first-order chi connectivity index (χ1) is 12.2. The van der Waals surface area contributed by atoms with Crippen LogP contribution in [0.4, 0.5) is 4.79 Å². The van der Waals surface area contributed by atoms with Crippen LogP contribution in [0, 0.1) is 5.92 Å². The molecule has 7 nitrogen and oxygen atoms in total. The number of hydrogen-bond donors (Lipinski definition) is 1. The lowest BCUT2D eigenvalue weighted by Gasteiger charge is -2.20. The number of nitrogens with one attached hydrogen (secondary N) is 1. The normalized spacial score (nSPS) is 17.2. The molecule has 2 amide bonds. The monoisotopic (exact) mass is 342 g/mol. The molecule has 0 bridgehead atoms. The minimum Gasteiger partial charge on any atom is -0.334 e. The fourth-order valence-electron chi connectivity index (χ4n) is 3.18. The Morgan fingerprint density at radius 1 is 1.44 bits per heavy atom. The van der Waals surface area contributed by atoms with Crippen molar-refractivity contribution in [3.05, 3.63) is 42.5 Å². The van der Waals surface area contributed by atoms with Gasteiger partial charge >= 0.3 is 6.03 Å². The molecule has 25 heavy (non-hydrogen) atoms. The van der Waals surface area contributed by atoms with Crippen molar-refractivity contribution in [1.82, 2.24) is 29.9 Å². The van der Waals surface area contributed by atoms with Gasteiger partial charge in [0, 0.05) is 26.2 Å². The molecule has 1 fully saturated rings. The van der Waals surface area contributed by atoms with Gasteiger partial charge in [-0.25, -0.2) is 14.5 Å². The molecule has 0 aliphatic carbocycles. The van der Waals surface area contributed by atoms with E-state index in [0.29, 0.717) is 12.5 Å². The molecule has 3 rings (SSSR count). The molecule has 1 aliphatic rings. The van der Waals surface area contributed by atoms with Crippen LogP contribution in [0.5, 0.6) is 0 Å².